The zero-order valence-electron chi connectivity index (χ0n) is 17.3. The molecule has 1 N–H and O–H groups in total. The van der Waals surface area contributed by atoms with Crippen LogP contribution in [0.1, 0.15) is 31.2 Å². The molecule has 2 aromatic carbocycles. The summed E-state index contributed by atoms with van der Waals surface area (Å²) in [6.45, 7) is 0.636. The maximum absolute atomic E-state index is 14.0. The second-order valence-corrected chi connectivity index (χ2v) is 8.51. The van der Waals surface area contributed by atoms with Gasteiger partial charge in [0.1, 0.15) is 0 Å². The van der Waals surface area contributed by atoms with Crippen molar-refractivity contribution in [2.75, 3.05) is 16.3 Å². The first-order valence-electron chi connectivity index (χ1n) is 10.7. The van der Waals surface area contributed by atoms with Gasteiger partial charge in [0.15, 0.2) is 5.41 Å². The van der Waals surface area contributed by atoms with E-state index >= 15 is 0 Å². The predicted molar refractivity (Wildman–Crippen MR) is 116 cm³/mol. The third-order valence-corrected chi connectivity index (χ3v) is 6.80. The zero-order valence-corrected chi connectivity index (χ0v) is 17.3. The summed E-state index contributed by atoms with van der Waals surface area (Å²) in [4.78, 5) is 54.2. The number of non-ortho nitro benzene ring substituents is 1. The first kappa shape index (κ1) is 20.2. The lowest BCUT2D eigenvalue weighted by atomic mass is 9.67. The van der Waals surface area contributed by atoms with Crippen LogP contribution in [0.5, 0.6) is 0 Å². The number of fused-ring (bicyclic) bond motifs is 4. The predicted octanol–water partition coefficient (Wildman–Crippen LogP) is 3.17. The number of nitro groups is 1. The molecule has 3 aliphatic rings. The first-order valence-corrected chi connectivity index (χ1v) is 10.7. The van der Waals surface area contributed by atoms with E-state index in [-0.39, 0.29) is 12.1 Å². The summed E-state index contributed by atoms with van der Waals surface area (Å²) in [6.07, 6.45) is 3.33. The molecule has 2 unspecified atom stereocenters. The van der Waals surface area contributed by atoms with E-state index in [9.17, 15) is 24.5 Å². The highest BCUT2D eigenvalue weighted by molar-refractivity contribution is 6.30. The first-order chi connectivity index (χ1) is 15.4. The Morgan fingerprint density at radius 2 is 1.81 bits per heavy atom. The molecule has 2 saturated heterocycles. The minimum Gasteiger partial charge on any atom is -0.367 e. The fourth-order valence-electron chi connectivity index (χ4n) is 5.35. The molecule has 4 amide bonds. The van der Waals surface area contributed by atoms with Gasteiger partial charge in [0.25, 0.3) is 11.6 Å². The van der Waals surface area contributed by atoms with Gasteiger partial charge in [-0.1, -0.05) is 31.0 Å². The number of hydrogen-bond acceptors (Lipinski definition) is 6. The highest BCUT2D eigenvalue weighted by atomic mass is 16.6. The number of barbiturate groups is 1. The molecular formula is C23H22N4O5. The maximum Gasteiger partial charge on any atom is 0.335 e. The van der Waals surface area contributed by atoms with Crippen LogP contribution in [0.3, 0.4) is 0 Å². The van der Waals surface area contributed by atoms with E-state index in [1.807, 2.05) is 4.90 Å². The second kappa shape index (κ2) is 7.44. The molecule has 0 saturated carbocycles. The van der Waals surface area contributed by atoms with Gasteiger partial charge in [0.05, 0.1) is 16.7 Å². The molecule has 2 fully saturated rings. The van der Waals surface area contributed by atoms with Crippen LogP contribution in [-0.4, -0.2) is 35.4 Å². The quantitative estimate of drug-likeness (QED) is 0.441. The largest absolute Gasteiger partial charge is 0.367 e. The van der Waals surface area contributed by atoms with Crippen molar-refractivity contribution in [3.05, 3.63) is 64.2 Å². The molecule has 0 aromatic heterocycles. The van der Waals surface area contributed by atoms with Crippen LogP contribution in [0.4, 0.5) is 21.9 Å². The minimum atomic E-state index is -1.55. The van der Waals surface area contributed by atoms with Crippen LogP contribution in [0, 0.1) is 15.5 Å². The lowest BCUT2D eigenvalue weighted by Crippen LogP contribution is -2.72. The van der Waals surface area contributed by atoms with Crippen molar-refractivity contribution in [1.82, 2.24) is 5.32 Å². The number of anilines is 2. The molecule has 1 spiro atoms. The molecule has 0 aliphatic carbocycles. The standard InChI is InChI=1S/C23H22N4O5/c28-20-23(21(29)26(22(30)24-20)16-7-3-1-4-8-16)14-15-13-17(27(31)32)10-11-18(15)25-12-6-2-5-9-19(23)25/h1,3-4,7-8,10-11,13,19H,2,5-6,9,12,14H2,(H,24,28,30). The lowest BCUT2D eigenvalue weighted by Gasteiger charge is -2.51. The highest BCUT2D eigenvalue weighted by Crippen LogP contribution is 2.48. The van der Waals surface area contributed by atoms with E-state index in [1.165, 1.54) is 12.1 Å². The summed E-state index contributed by atoms with van der Waals surface area (Å²) >= 11 is 0. The SMILES string of the molecule is O=C1NC(=O)C2(Cc3cc([N+](=O)[O-])ccc3N3CCCCCC32)C(=O)N1c1ccccc1. The number of rotatable bonds is 2. The van der Waals surface area contributed by atoms with Gasteiger partial charge in [-0.3, -0.25) is 25.0 Å². The summed E-state index contributed by atoms with van der Waals surface area (Å²) in [5.41, 5.74) is 0.134. The van der Waals surface area contributed by atoms with Gasteiger partial charge in [0.2, 0.25) is 5.91 Å². The summed E-state index contributed by atoms with van der Waals surface area (Å²) in [5.74, 6) is -1.21. The normalized spacial score (nSPS) is 25.1. The molecule has 9 nitrogen and oxygen atoms in total. The number of nitrogens with one attached hydrogen (secondary N) is 1. The van der Waals surface area contributed by atoms with Crippen LogP contribution < -0.4 is 15.1 Å². The van der Waals surface area contributed by atoms with Crippen LogP contribution in [0.15, 0.2) is 48.5 Å². The minimum absolute atomic E-state index is 0.00641. The summed E-state index contributed by atoms with van der Waals surface area (Å²) in [6, 6.07) is 11.9. The Morgan fingerprint density at radius 1 is 1.03 bits per heavy atom. The Labute approximate surface area is 184 Å². The Kier molecular flexibility index (Phi) is 4.69. The van der Waals surface area contributed by atoms with Gasteiger partial charge in [-0.2, -0.15) is 0 Å². The average Bonchev–Trinajstić information content (AvgIpc) is 3.04. The van der Waals surface area contributed by atoms with E-state index in [1.54, 1.807) is 36.4 Å². The number of carbonyl (C=O) groups excluding carboxylic acids is 3. The van der Waals surface area contributed by atoms with Crippen LogP contribution in [0.2, 0.25) is 0 Å². The average molecular weight is 434 g/mol. The van der Waals surface area contributed by atoms with E-state index in [4.69, 9.17) is 0 Å². The zero-order chi connectivity index (χ0) is 22.5. The Bertz CT molecular complexity index is 1130. The number of nitro benzene ring substituents is 1. The van der Waals surface area contributed by atoms with E-state index < -0.39 is 34.2 Å². The molecule has 2 aromatic rings. The number of imide groups is 2. The van der Waals surface area contributed by atoms with Crippen LogP contribution >= 0.6 is 0 Å². The number of amides is 4. The Morgan fingerprint density at radius 3 is 2.56 bits per heavy atom. The van der Waals surface area contributed by atoms with Gasteiger partial charge >= 0.3 is 6.03 Å². The van der Waals surface area contributed by atoms with Crippen LogP contribution in [0.25, 0.3) is 0 Å². The Balaban J connectivity index is 1.69. The lowest BCUT2D eigenvalue weighted by molar-refractivity contribution is -0.384. The number of urea groups is 1. The molecule has 2 atom stereocenters. The second-order valence-electron chi connectivity index (χ2n) is 8.51. The Hall–Kier alpha value is -3.75. The molecule has 164 valence electrons. The number of hydrogen-bond donors (Lipinski definition) is 1. The fraction of sp³-hybridized carbons (Fsp3) is 0.348. The van der Waals surface area contributed by atoms with E-state index in [0.717, 1.165) is 29.8 Å². The van der Waals surface area contributed by atoms with Crippen molar-refractivity contribution in [3.8, 4) is 0 Å². The number of para-hydroxylation sites is 1. The monoisotopic (exact) mass is 434 g/mol. The molecule has 3 aliphatic heterocycles. The summed E-state index contributed by atoms with van der Waals surface area (Å²) in [5, 5.41) is 13.8. The molecule has 9 heteroatoms. The number of benzene rings is 2. The third-order valence-electron chi connectivity index (χ3n) is 6.80. The van der Waals surface area contributed by atoms with Gasteiger partial charge < -0.3 is 4.90 Å². The highest BCUT2D eigenvalue weighted by Gasteiger charge is 2.62. The van der Waals surface area contributed by atoms with E-state index in [0.29, 0.717) is 24.2 Å². The van der Waals surface area contributed by atoms with Crippen LogP contribution in [-0.2, 0) is 16.0 Å². The van der Waals surface area contributed by atoms with Gasteiger partial charge in [0, 0.05) is 30.8 Å². The molecule has 32 heavy (non-hydrogen) atoms. The third kappa shape index (κ3) is 2.88. The van der Waals surface area contributed by atoms with Crippen molar-refractivity contribution < 1.29 is 19.3 Å². The summed E-state index contributed by atoms with van der Waals surface area (Å²) in [7, 11) is 0. The van der Waals surface area contributed by atoms with E-state index in [2.05, 4.69) is 5.32 Å². The fourth-order valence-corrected chi connectivity index (χ4v) is 5.35. The topological polar surface area (TPSA) is 113 Å². The van der Waals surface area contributed by atoms with Gasteiger partial charge in [-0.15, -0.1) is 0 Å². The van der Waals surface area contributed by atoms with Crippen molar-refractivity contribution in [2.24, 2.45) is 5.41 Å². The molecule has 5 rings (SSSR count). The van der Waals surface area contributed by atoms with Crippen molar-refractivity contribution in [3.63, 3.8) is 0 Å². The van der Waals surface area contributed by atoms with Crippen molar-refractivity contribution >= 4 is 34.9 Å². The van der Waals surface area contributed by atoms with Gasteiger partial charge in [-0.25, -0.2) is 9.69 Å². The van der Waals surface area contributed by atoms with Crippen molar-refractivity contribution in [2.45, 2.75) is 38.1 Å². The van der Waals surface area contributed by atoms with Crippen molar-refractivity contribution in [1.29, 1.82) is 0 Å². The number of nitrogens with zero attached hydrogens (tertiary/aromatic N) is 3. The molecule has 0 bridgehead atoms. The molecule has 3 heterocycles. The smallest absolute Gasteiger partial charge is 0.335 e. The summed E-state index contributed by atoms with van der Waals surface area (Å²) < 4.78 is 0. The molecular weight excluding hydrogens is 412 g/mol. The molecule has 0 radical (unpaired) electrons. The maximum atomic E-state index is 14.0. The number of carbonyl (C=O) groups is 3. The van der Waals surface area contributed by atoms with Gasteiger partial charge in [-0.05, 0) is 36.6 Å².